The van der Waals surface area contributed by atoms with E-state index in [0.29, 0.717) is 5.92 Å². The Morgan fingerprint density at radius 1 is 0.794 bits per heavy atom. The van der Waals surface area contributed by atoms with Crippen LogP contribution in [0.1, 0.15) is 131 Å². The van der Waals surface area contributed by atoms with Crippen molar-refractivity contribution in [2.75, 3.05) is 27.4 Å². The fourth-order valence-corrected chi connectivity index (χ4v) is 8.51. The lowest BCUT2D eigenvalue weighted by molar-refractivity contribution is 0.0520. The summed E-state index contributed by atoms with van der Waals surface area (Å²) in [5, 5.41) is 9.41. The molecule has 0 aliphatic carbocycles. The van der Waals surface area contributed by atoms with Crippen LogP contribution in [0, 0.1) is 11.8 Å². The SMILES string of the molecule is CCCCCCCCCCCCCCCC(C(CC(C)C)C(C)(C)N)[Si](OC)(OC)OCCO. The van der Waals surface area contributed by atoms with Crippen LogP contribution in [0.3, 0.4) is 0 Å². The van der Waals surface area contributed by atoms with Gasteiger partial charge in [0, 0.05) is 25.3 Å². The summed E-state index contributed by atoms with van der Waals surface area (Å²) >= 11 is 0. The first-order valence-electron chi connectivity index (χ1n) is 14.3. The van der Waals surface area contributed by atoms with Gasteiger partial charge < -0.3 is 24.1 Å². The number of hydrogen-bond acceptors (Lipinski definition) is 5. The minimum atomic E-state index is -2.98. The summed E-state index contributed by atoms with van der Waals surface area (Å²) in [5.74, 6) is 0.760. The third kappa shape index (κ3) is 14.5. The summed E-state index contributed by atoms with van der Waals surface area (Å²) < 4.78 is 18.2. The van der Waals surface area contributed by atoms with Crippen molar-refractivity contribution < 1.29 is 18.4 Å². The van der Waals surface area contributed by atoms with E-state index >= 15 is 0 Å². The van der Waals surface area contributed by atoms with Crippen molar-refractivity contribution in [2.24, 2.45) is 17.6 Å². The first-order valence-corrected chi connectivity index (χ1v) is 16.1. The topological polar surface area (TPSA) is 73.9 Å². The Morgan fingerprint density at radius 3 is 1.59 bits per heavy atom. The number of aliphatic hydroxyl groups excluding tert-OH is 1. The summed E-state index contributed by atoms with van der Waals surface area (Å²) in [7, 11) is 0.412. The molecule has 0 aromatic heterocycles. The zero-order valence-corrected chi connectivity index (χ0v) is 25.0. The van der Waals surface area contributed by atoms with Crippen molar-refractivity contribution >= 4 is 8.80 Å². The van der Waals surface area contributed by atoms with Gasteiger partial charge in [-0.25, -0.2) is 0 Å². The summed E-state index contributed by atoms with van der Waals surface area (Å²) in [4.78, 5) is 0. The third-order valence-corrected chi connectivity index (χ3v) is 10.5. The van der Waals surface area contributed by atoms with E-state index < -0.39 is 8.80 Å². The first-order chi connectivity index (χ1) is 16.2. The highest BCUT2D eigenvalue weighted by Crippen LogP contribution is 2.44. The Kier molecular flexibility index (Phi) is 20.1. The Morgan fingerprint density at radius 2 is 1.24 bits per heavy atom. The standard InChI is InChI=1S/C28H61NO4Si/c1-8-9-10-11-12-13-14-15-16-17-18-19-20-21-27(26(24-25(2)3)28(4,5)29)34(31-6,32-7)33-23-22-30/h25-27,30H,8-24,29H2,1-7H3. The van der Waals surface area contributed by atoms with Gasteiger partial charge in [0.25, 0.3) is 0 Å². The quantitative estimate of drug-likeness (QED) is 0.105. The Labute approximate surface area is 214 Å². The molecule has 0 aliphatic rings. The molecule has 0 aromatic rings. The predicted octanol–water partition coefficient (Wildman–Crippen LogP) is 7.48. The lowest BCUT2D eigenvalue weighted by Crippen LogP contribution is -2.56. The molecule has 0 fully saturated rings. The summed E-state index contributed by atoms with van der Waals surface area (Å²) in [6.07, 6.45) is 19.5. The van der Waals surface area contributed by atoms with Gasteiger partial charge in [-0.2, -0.15) is 0 Å². The molecule has 0 aliphatic heterocycles. The number of hydrogen-bond donors (Lipinski definition) is 2. The van der Waals surface area contributed by atoms with Crippen LogP contribution < -0.4 is 5.73 Å². The highest BCUT2D eigenvalue weighted by molar-refractivity contribution is 6.62. The average Bonchev–Trinajstić information content (AvgIpc) is 2.79. The van der Waals surface area contributed by atoms with Crippen molar-refractivity contribution in [3.05, 3.63) is 0 Å². The van der Waals surface area contributed by atoms with Gasteiger partial charge >= 0.3 is 8.80 Å². The first kappa shape index (κ1) is 34.0. The molecule has 0 bridgehead atoms. The van der Waals surface area contributed by atoms with Gasteiger partial charge in [0.05, 0.1) is 13.2 Å². The molecule has 0 radical (unpaired) electrons. The van der Waals surface area contributed by atoms with Crippen LogP contribution in [-0.4, -0.2) is 46.9 Å². The molecule has 0 saturated heterocycles. The average molecular weight is 504 g/mol. The minimum Gasteiger partial charge on any atom is -0.394 e. The predicted molar refractivity (Wildman–Crippen MR) is 148 cm³/mol. The molecule has 0 heterocycles. The van der Waals surface area contributed by atoms with Crippen LogP contribution >= 0.6 is 0 Å². The molecule has 2 atom stereocenters. The third-order valence-electron chi connectivity index (χ3n) is 7.20. The molecular weight excluding hydrogens is 442 g/mol. The second-order valence-corrected chi connectivity index (χ2v) is 14.3. The zero-order valence-electron chi connectivity index (χ0n) is 24.0. The van der Waals surface area contributed by atoms with Gasteiger partial charge in [0.1, 0.15) is 0 Å². The minimum absolute atomic E-state index is 0.0339. The van der Waals surface area contributed by atoms with E-state index in [1.54, 1.807) is 14.2 Å². The molecule has 5 nitrogen and oxygen atoms in total. The fourth-order valence-electron chi connectivity index (χ4n) is 5.30. The number of unbranched alkanes of at least 4 members (excludes halogenated alkanes) is 12. The van der Waals surface area contributed by atoms with Gasteiger partial charge in [-0.15, -0.1) is 0 Å². The van der Waals surface area contributed by atoms with Crippen LogP contribution in [0.4, 0.5) is 0 Å². The van der Waals surface area contributed by atoms with E-state index in [-0.39, 0.29) is 30.2 Å². The molecule has 206 valence electrons. The molecule has 0 saturated carbocycles. The largest absolute Gasteiger partial charge is 0.504 e. The van der Waals surface area contributed by atoms with E-state index in [0.717, 1.165) is 19.3 Å². The molecule has 0 spiro atoms. The monoisotopic (exact) mass is 503 g/mol. The van der Waals surface area contributed by atoms with E-state index in [1.807, 2.05) is 0 Å². The van der Waals surface area contributed by atoms with Crippen LogP contribution in [-0.2, 0) is 13.3 Å². The van der Waals surface area contributed by atoms with Crippen LogP contribution in [0.5, 0.6) is 0 Å². The molecular formula is C28H61NO4Si. The van der Waals surface area contributed by atoms with Crippen LogP contribution in [0.25, 0.3) is 0 Å². The highest BCUT2D eigenvalue weighted by Gasteiger charge is 2.53. The Balaban J connectivity index is 4.73. The Hall–Kier alpha value is 0.0169. The molecule has 6 heteroatoms. The molecule has 34 heavy (non-hydrogen) atoms. The molecule has 0 aromatic carbocycles. The number of nitrogens with two attached hydrogens (primary N) is 1. The van der Waals surface area contributed by atoms with Crippen molar-refractivity contribution in [2.45, 2.75) is 142 Å². The van der Waals surface area contributed by atoms with Crippen molar-refractivity contribution in [1.82, 2.24) is 0 Å². The van der Waals surface area contributed by atoms with Crippen LogP contribution in [0.15, 0.2) is 0 Å². The number of rotatable bonds is 24. The van der Waals surface area contributed by atoms with Gasteiger partial charge in [0.15, 0.2) is 0 Å². The highest BCUT2D eigenvalue weighted by atomic mass is 28.4. The molecule has 2 unspecified atom stereocenters. The van der Waals surface area contributed by atoms with Gasteiger partial charge in [-0.05, 0) is 38.5 Å². The lowest BCUT2D eigenvalue weighted by atomic mass is 9.78. The summed E-state index contributed by atoms with van der Waals surface area (Å²) in [5.41, 5.74) is 6.48. The Bertz CT molecular complexity index is 452. The van der Waals surface area contributed by atoms with E-state index in [2.05, 4.69) is 34.6 Å². The lowest BCUT2D eigenvalue weighted by Gasteiger charge is -2.44. The smallest absolute Gasteiger partial charge is 0.394 e. The molecule has 0 amide bonds. The van der Waals surface area contributed by atoms with Gasteiger partial charge in [-0.3, -0.25) is 0 Å². The normalized spacial score (nSPS) is 14.6. The summed E-state index contributed by atoms with van der Waals surface area (Å²) in [6, 6.07) is 0. The van der Waals surface area contributed by atoms with Gasteiger partial charge in [-0.1, -0.05) is 104 Å². The zero-order chi connectivity index (χ0) is 25.9. The van der Waals surface area contributed by atoms with E-state index in [4.69, 9.17) is 19.0 Å². The number of aliphatic hydroxyl groups is 1. The molecule has 0 rings (SSSR count). The van der Waals surface area contributed by atoms with Crippen molar-refractivity contribution in [3.8, 4) is 0 Å². The van der Waals surface area contributed by atoms with Crippen molar-refractivity contribution in [3.63, 3.8) is 0 Å². The second-order valence-electron chi connectivity index (χ2n) is 11.3. The van der Waals surface area contributed by atoms with Crippen molar-refractivity contribution in [1.29, 1.82) is 0 Å². The van der Waals surface area contributed by atoms with Crippen LogP contribution in [0.2, 0.25) is 5.54 Å². The van der Waals surface area contributed by atoms with E-state index in [9.17, 15) is 5.11 Å². The molecule has 3 N–H and O–H groups in total. The maximum Gasteiger partial charge on any atom is 0.504 e. The fraction of sp³-hybridized carbons (Fsp3) is 1.00. The van der Waals surface area contributed by atoms with E-state index in [1.165, 1.54) is 77.0 Å². The second kappa shape index (κ2) is 20.1. The maximum atomic E-state index is 9.41. The van der Waals surface area contributed by atoms with Gasteiger partial charge in [0.2, 0.25) is 0 Å². The maximum absolute atomic E-state index is 9.41. The summed E-state index contributed by atoms with van der Waals surface area (Å²) in [6.45, 7) is 11.2.